The molecule has 7 heteroatoms. The highest BCUT2D eigenvalue weighted by atomic mass is 16.5. The van der Waals surface area contributed by atoms with Crippen LogP contribution in [-0.4, -0.2) is 46.9 Å². The second kappa shape index (κ2) is 8.27. The van der Waals surface area contributed by atoms with Gasteiger partial charge in [0.15, 0.2) is 5.69 Å². The highest BCUT2D eigenvalue weighted by Crippen LogP contribution is 2.40. The van der Waals surface area contributed by atoms with Crippen LogP contribution < -0.4 is 4.90 Å². The minimum absolute atomic E-state index is 0.00583. The summed E-state index contributed by atoms with van der Waals surface area (Å²) in [6, 6.07) is 1.59. The zero-order chi connectivity index (χ0) is 21.2. The smallest absolute Gasteiger partial charge is 0.356 e. The summed E-state index contributed by atoms with van der Waals surface area (Å²) in [4.78, 5) is 25.8. The summed E-state index contributed by atoms with van der Waals surface area (Å²) in [5.41, 5.74) is 3.62. The number of esters is 1. The number of carboxylic acids is 1. The quantitative estimate of drug-likeness (QED) is 0.565. The van der Waals surface area contributed by atoms with Crippen LogP contribution in [0.2, 0.25) is 0 Å². The Morgan fingerprint density at radius 2 is 2.07 bits per heavy atom. The summed E-state index contributed by atoms with van der Waals surface area (Å²) in [6.07, 6.45) is 8.06. The van der Waals surface area contributed by atoms with E-state index in [1.54, 1.807) is 16.8 Å². The maximum atomic E-state index is 12.1. The Morgan fingerprint density at radius 1 is 1.38 bits per heavy atom. The van der Waals surface area contributed by atoms with E-state index in [-0.39, 0.29) is 23.5 Å². The third-order valence-electron chi connectivity index (χ3n) is 6.06. The monoisotopic (exact) mass is 399 g/mol. The van der Waals surface area contributed by atoms with Crippen molar-refractivity contribution in [1.82, 2.24) is 9.61 Å². The number of carbonyl (C=O) groups excluding carboxylic acids is 1. The van der Waals surface area contributed by atoms with Gasteiger partial charge in [-0.2, -0.15) is 5.10 Å². The SMILES string of the molecule is C=CCCC1(C)CCN(c2c(CC(=O)OC)c(C)cn3nc(C(=O)O)cc23)CC1. The molecule has 1 saturated heterocycles. The number of rotatable bonds is 7. The Kier molecular flexibility index (Phi) is 5.96. The highest BCUT2D eigenvalue weighted by molar-refractivity contribution is 5.91. The van der Waals surface area contributed by atoms with E-state index in [4.69, 9.17) is 4.74 Å². The standard InChI is InChI=1S/C22H29N3O4/c1-5-6-7-22(3)8-10-24(11-9-22)20-16(12-19(26)29-4)15(2)14-25-18(20)13-17(23-25)21(27)28/h5,13-14H,1,6-12H2,2-4H3,(H,27,28). The number of ether oxygens (including phenoxy) is 1. The molecule has 1 aliphatic heterocycles. The highest BCUT2D eigenvalue weighted by Gasteiger charge is 2.32. The van der Waals surface area contributed by atoms with E-state index in [9.17, 15) is 14.7 Å². The molecule has 1 fully saturated rings. The van der Waals surface area contributed by atoms with E-state index in [0.29, 0.717) is 5.52 Å². The molecule has 2 aromatic heterocycles. The molecule has 0 atom stereocenters. The zero-order valence-electron chi connectivity index (χ0n) is 17.4. The van der Waals surface area contributed by atoms with Crippen molar-refractivity contribution in [3.63, 3.8) is 0 Å². The molecule has 0 saturated carbocycles. The van der Waals surface area contributed by atoms with Crippen LogP contribution in [0.4, 0.5) is 5.69 Å². The first kappa shape index (κ1) is 20.9. The number of pyridine rings is 1. The second-order valence-electron chi connectivity index (χ2n) is 8.18. The Morgan fingerprint density at radius 3 is 2.66 bits per heavy atom. The molecule has 3 rings (SSSR count). The molecule has 0 radical (unpaired) electrons. The first-order chi connectivity index (χ1) is 13.8. The predicted molar refractivity (Wildman–Crippen MR) is 112 cm³/mol. The fourth-order valence-corrected chi connectivity index (χ4v) is 4.14. The van der Waals surface area contributed by atoms with Crippen molar-refractivity contribution in [2.45, 2.75) is 46.0 Å². The summed E-state index contributed by atoms with van der Waals surface area (Å²) < 4.78 is 6.51. The molecule has 1 aliphatic rings. The number of aryl methyl sites for hydroxylation is 1. The number of piperidine rings is 1. The van der Waals surface area contributed by atoms with E-state index < -0.39 is 5.97 Å². The van der Waals surface area contributed by atoms with Gasteiger partial charge in [-0.1, -0.05) is 13.0 Å². The summed E-state index contributed by atoms with van der Waals surface area (Å²) in [7, 11) is 1.38. The molecule has 29 heavy (non-hydrogen) atoms. The fourth-order valence-electron chi connectivity index (χ4n) is 4.14. The Labute approximate surface area is 171 Å². The van der Waals surface area contributed by atoms with Gasteiger partial charge in [0.25, 0.3) is 0 Å². The molecule has 0 amide bonds. The number of anilines is 1. The average Bonchev–Trinajstić information content (AvgIpc) is 3.11. The molecular formula is C22H29N3O4. The van der Waals surface area contributed by atoms with Crippen molar-refractivity contribution in [2.24, 2.45) is 5.41 Å². The number of nitrogens with zero attached hydrogens (tertiary/aromatic N) is 3. The van der Waals surface area contributed by atoms with Crippen LogP contribution in [0.25, 0.3) is 5.52 Å². The van der Waals surface area contributed by atoms with E-state index >= 15 is 0 Å². The van der Waals surface area contributed by atoms with Crippen molar-refractivity contribution in [3.8, 4) is 0 Å². The number of hydrogen-bond acceptors (Lipinski definition) is 5. The molecule has 7 nitrogen and oxygen atoms in total. The Bertz CT molecular complexity index is 939. The van der Waals surface area contributed by atoms with Gasteiger partial charge in [-0.25, -0.2) is 9.31 Å². The summed E-state index contributed by atoms with van der Waals surface area (Å²) >= 11 is 0. The third kappa shape index (κ3) is 4.28. The van der Waals surface area contributed by atoms with Crippen LogP contribution in [0.5, 0.6) is 0 Å². The van der Waals surface area contributed by atoms with E-state index in [0.717, 1.165) is 55.6 Å². The molecular weight excluding hydrogens is 370 g/mol. The number of methoxy groups -OCH3 is 1. The van der Waals surface area contributed by atoms with Crippen LogP contribution in [0, 0.1) is 12.3 Å². The maximum Gasteiger partial charge on any atom is 0.356 e. The van der Waals surface area contributed by atoms with Crippen LogP contribution in [0.15, 0.2) is 24.9 Å². The third-order valence-corrected chi connectivity index (χ3v) is 6.06. The van der Waals surface area contributed by atoms with Crippen LogP contribution in [0.3, 0.4) is 0 Å². The van der Waals surface area contributed by atoms with E-state index in [1.807, 2.05) is 13.0 Å². The van der Waals surface area contributed by atoms with Crippen LogP contribution >= 0.6 is 0 Å². The minimum Gasteiger partial charge on any atom is -0.476 e. The van der Waals surface area contributed by atoms with Gasteiger partial charge in [-0.3, -0.25) is 4.79 Å². The summed E-state index contributed by atoms with van der Waals surface area (Å²) in [6.45, 7) is 9.75. The van der Waals surface area contributed by atoms with Crippen LogP contribution in [0.1, 0.15) is 54.2 Å². The molecule has 3 heterocycles. The first-order valence-corrected chi connectivity index (χ1v) is 9.96. The predicted octanol–water partition coefficient (Wildman–Crippen LogP) is 3.63. The van der Waals surface area contributed by atoms with Gasteiger partial charge in [0.2, 0.25) is 0 Å². The molecule has 156 valence electrons. The van der Waals surface area contributed by atoms with Gasteiger partial charge >= 0.3 is 11.9 Å². The van der Waals surface area contributed by atoms with Crippen molar-refractivity contribution in [3.05, 3.63) is 41.7 Å². The Balaban J connectivity index is 2.04. The lowest BCUT2D eigenvalue weighted by Crippen LogP contribution is -2.39. The molecule has 0 aromatic carbocycles. The molecule has 1 N–H and O–H groups in total. The number of aromatic carboxylic acids is 1. The summed E-state index contributed by atoms with van der Waals surface area (Å²) in [5, 5.41) is 13.6. The van der Waals surface area contributed by atoms with Crippen molar-refractivity contribution >= 4 is 23.1 Å². The van der Waals surface area contributed by atoms with Gasteiger partial charge in [-0.05, 0) is 49.1 Å². The number of aromatic nitrogens is 2. The second-order valence-corrected chi connectivity index (χ2v) is 8.18. The number of carboxylic acid groups (broad SMARTS) is 1. The Hall–Kier alpha value is -2.83. The fraction of sp³-hybridized carbons (Fsp3) is 0.500. The number of carbonyl (C=O) groups is 2. The minimum atomic E-state index is -1.07. The first-order valence-electron chi connectivity index (χ1n) is 9.96. The lowest BCUT2D eigenvalue weighted by Gasteiger charge is -2.41. The average molecular weight is 399 g/mol. The van der Waals surface area contributed by atoms with Gasteiger partial charge in [0, 0.05) is 25.4 Å². The van der Waals surface area contributed by atoms with E-state index in [1.165, 1.54) is 7.11 Å². The van der Waals surface area contributed by atoms with Crippen LogP contribution in [-0.2, 0) is 16.0 Å². The number of fused-ring (bicyclic) bond motifs is 1. The molecule has 0 unspecified atom stereocenters. The molecule has 0 aliphatic carbocycles. The van der Waals surface area contributed by atoms with Gasteiger partial charge < -0.3 is 14.7 Å². The number of allylic oxidation sites excluding steroid dienone is 1. The molecule has 0 spiro atoms. The van der Waals surface area contributed by atoms with Gasteiger partial charge in [0.1, 0.15) is 0 Å². The van der Waals surface area contributed by atoms with Crippen molar-refractivity contribution < 1.29 is 19.4 Å². The van der Waals surface area contributed by atoms with Crippen molar-refractivity contribution in [1.29, 1.82) is 0 Å². The number of hydrogen-bond donors (Lipinski definition) is 1. The van der Waals surface area contributed by atoms with Crippen molar-refractivity contribution in [2.75, 3.05) is 25.1 Å². The van der Waals surface area contributed by atoms with Gasteiger partial charge in [0.05, 0.1) is 24.7 Å². The largest absolute Gasteiger partial charge is 0.476 e. The maximum absolute atomic E-state index is 12.1. The molecule has 2 aromatic rings. The summed E-state index contributed by atoms with van der Waals surface area (Å²) in [5.74, 6) is -1.38. The molecule has 0 bridgehead atoms. The topological polar surface area (TPSA) is 84.1 Å². The van der Waals surface area contributed by atoms with Gasteiger partial charge in [-0.15, -0.1) is 6.58 Å². The normalized spacial score (nSPS) is 16.0. The lowest BCUT2D eigenvalue weighted by molar-refractivity contribution is -0.139. The zero-order valence-corrected chi connectivity index (χ0v) is 17.4. The van der Waals surface area contributed by atoms with E-state index in [2.05, 4.69) is 23.5 Å². The lowest BCUT2D eigenvalue weighted by atomic mass is 9.76.